The van der Waals surface area contributed by atoms with E-state index in [2.05, 4.69) is 15.4 Å². The first-order chi connectivity index (χ1) is 11.4. The monoisotopic (exact) mass is 369 g/mol. The van der Waals surface area contributed by atoms with Crippen molar-refractivity contribution < 1.29 is 13.2 Å². The van der Waals surface area contributed by atoms with E-state index in [4.69, 9.17) is 0 Å². The Morgan fingerprint density at radius 2 is 2.25 bits per heavy atom. The average Bonchev–Trinajstić information content (AvgIpc) is 3.14. The zero-order valence-corrected chi connectivity index (χ0v) is 15.1. The largest absolute Gasteiger partial charge is 0.300 e. The zero-order valence-electron chi connectivity index (χ0n) is 13.5. The van der Waals surface area contributed by atoms with Gasteiger partial charge >= 0.3 is 0 Å². The van der Waals surface area contributed by atoms with Crippen LogP contribution >= 0.6 is 11.3 Å². The summed E-state index contributed by atoms with van der Waals surface area (Å²) in [5, 5.41) is 6.79. The van der Waals surface area contributed by atoms with Gasteiger partial charge in [0, 0.05) is 36.8 Å². The second-order valence-electron chi connectivity index (χ2n) is 5.82. The minimum Gasteiger partial charge on any atom is -0.300 e. The number of nitrogens with zero attached hydrogens (tertiary/aromatic N) is 4. The Balaban J connectivity index is 1.68. The van der Waals surface area contributed by atoms with E-state index in [0.717, 1.165) is 10.6 Å². The van der Waals surface area contributed by atoms with Gasteiger partial charge in [-0.2, -0.15) is 9.40 Å². The van der Waals surface area contributed by atoms with E-state index in [0.29, 0.717) is 24.6 Å². The van der Waals surface area contributed by atoms with Gasteiger partial charge in [0.1, 0.15) is 6.54 Å². The lowest BCUT2D eigenvalue weighted by atomic mass is 10.2. The van der Waals surface area contributed by atoms with Crippen LogP contribution in [0.3, 0.4) is 0 Å². The van der Waals surface area contributed by atoms with E-state index in [1.165, 1.54) is 20.3 Å². The number of hydrogen-bond acceptors (Lipinski definition) is 6. The lowest BCUT2D eigenvalue weighted by Gasteiger charge is -2.26. The van der Waals surface area contributed by atoms with E-state index in [-0.39, 0.29) is 12.5 Å². The molecule has 1 aliphatic heterocycles. The average molecular weight is 369 g/mol. The second-order valence-corrected chi connectivity index (χ2v) is 9.39. The molecule has 0 aliphatic carbocycles. The Morgan fingerprint density at radius 3 is 2.92 bits per heavy atom. The number of nitrogens with one attached hydrogen (secondary N) is 1. The number of fused-ring (bicyclic) bond motifs is 1. The van der Waals surface area contributed by atoms with E-state index >= 15 is 0 Å². The van der Waals surface area contributed by atoms with Crippen molar-refractivity contribution in [3.05, 3.63) is 29.0 Å². The highest BCUT2D eigenvalue weighted by Gasteiger charge is 2.31. The fourth-order valence-electron chi connectivity index (χ4n) is 2.44. The van der Waals surface area contributed by atoms with Crippen LogP contribution in [0.2, 0.25) is 0 Å². The Bertz CT molecular complexity index is 827. The van der Waals surface area contributed by atoms with Gasteiger partial charge in [-0.3, -0.25) is 9.48 Å². The van der Waals surface area contributed by atoms with E-state index in [1.54, 1.807) is 32.3 Å². The summed E-state index contributed by atoms with van der Waals surface area (Å²) in [5.74, 6) is -0.212. The zero-order chi connectivity index (χ0) is 17.3. The van der Waals surface area contributed by atoms with Crippen LogP contribution in [0.4, 0.5) is 5.13 Å². The lowest BCUT2D eigenvalue weighted by molar-refractivity contribution is -0.116. The molecule has 130 valence electrons. The van der Waals surface area contributed by atoms with Crippen molar-refractivity contribution in [2.75, 3.05) is 11.9 Å². The van der Waals surface area contributed by atoms with Crippen LogP contribution in [0.15, 0.2) is 18.5 Å². The molecule has 1 aliphatic rings. The molecule has 0 unspecified atom stereocenters. The third-order valence-corrected chi connectivity index (χ3v) is 6.98. The lowest BCUT2D eigenvalue weighted by Crippen LogP contribution is -2.39. The van der Waals surface area contributed by atoms with Crippen LogP contribution in [0.25, 0.3) is 0 Å². The molecule has 3 heterocycles. The molecule has 1 N–H and O–H groups in total. The molecule has 0 bridgehead atoms. The fourth-order valence-corrected chi connectivity index (χ4v) is 4.81. The summed E-state index contributed by atoms with van der Waals surface area (Å²) in [4.78, 5) is 17.3. The summed E-state index contributed by atoms with van der Waals surface area (Å²) in [6.07, 6.45) is 3.88. The first kappa shape index (κ1) is 17.1. The Hall–Kier alpha value is -1.78. The van der Waals surface area contributed by atoms with Gasteiger partial charge in [0.05, 0.1) is 10.9 Å². The van der Waals surface area contributed by atoms with Gasteiger partial charge in [0.15, 0.2) is 5.13 Å². The number of carbonyl (C=O) groups is 1. The third-order valence-electron chi connectivity index (χ3n) is 3.76. The predicted octanol–water partition coefficient (Wildman–Crippen LogP) is 1.07. The predicted molar refractivity (Wildman–Crippen MR) is 91.1 cm³/mol. The van der Waals surface area contributed by atoms with Gasteiger partial charge in [-0.05, 0) is 19.9 Å². The molecular weight excluding hydrogens is 350 g/mol. The van der Waals surface area contributed by atoms with Crippen molar-refractivity contribution in [1.82, 2.24) is 19.1 Å². The fraction of sp³-hybridized carbons (Fsp3) is 0.500. The summed E-state index contributed by atoms with van der Waals surface area (Å²) in [7, 11) is -3.28. The van der Waals surface area contributed by atoms with Crippen molar-refractivity contribution >= 4 is 32.4 Å². The molecule has 0 spiro atoms. The number of hydrogen-bond donors (Lipinski definition) is 1. The second kappa shape index (κ2) is 6.61. The minimum atomic E-state index is -3.28. The van der Waals surface area contributed by atoms with Crippen LogP contribution in [-0.4, -0.2) is 45.2 Å². The molecule has 0 aromatic carbocycles. The summed E-state index contributed by atoms with van der Waals surface area (Å²) in [6.45, 7) is 4.22. The van der Waals surface area contributed by atoms with Gasteiger partial charge in [0.25, 0.3) is 0 Å². The maximum Gasteiger partial charge on any atom is 0.247 e. The molecule has 2 aromatic heterocycles. The van der Waals surface area contributed by atoms with Crippen LogP contribution in [0, 0.1) is 0 Å². The van der Waals surface area contributed by atoms with Crippen molar-refractivity contribution in [2.24, 2.45) is 0 Å². The molecule has 0 fully saturated rings. The quantitative estimate of drug-likeness (QED) is 0.850. The number of amides is 1. The van der Waals surface area contributed by atoms with Crippen LogP contribution in [0.5, 0.6) is 0 Å². The Labute approximate surface area is 144 Å². The number of sulfonamides is 1. The molecular formula is C14H19N5O3S2. The third kappa shape index (κ3) is 3.50. The summed E-state index contributed by atoms with van der Waals surface area (Å²) in [6, 6.07) is 1.75. The molecule has 8 nitrogen and oxygen atoms in total. The molecule has 0 radical (unpaired) electrons. The molecule has 10 heteroatoms. The topological polar surface area (TPSA) is 97.2 Å². The first-order valence-electron chi connectivity index (χ1n) is 7.61. The van der Waals surface area contributed by atoms with Crippen molar-refractivity contribution in [3.8, 4) is 0 Å². The van der Waals surface area contributed by atoms with E-state index in [1.807, 2.05) is 0 Å². The molecule has 0 saturated carbocycles. The molecule has 0 atom stereocenters. The van der Waals surface area contributed by atoms with Crippen LogP contribution in [0.1, 0.15) is 24.4 Å². The van der Waals surface area contributed by atoms with Gasteiger partial charge < -0.3 is 5.32 Å². The van der Waals surface area contributed by atoms with Crippen LogP contribution in [-0.2, 0) is 34.3 Å². The normalized spacial score (nSPS) is 15.5. The highest BCUT2D eigenvalue weighted by Crippen LogP contribution is 2.30. The number of thiazole rings is 1. The van der Waals surface area contributed by atoms with Gasteiger partial charge in [-0.1, -0.05) is 0 Å². The minimum absolute atomic E-state index is 0.116. The number of aromatic nitrogens is 3. The van der Waals surface area contributed by atoms with Gasteiger partial charge in [-0.15, -0.1) is 11.3 Å². The van der Waals surface area contributed by atoms with Crippen molar-refractivity contribution in [2.45, 2.75) is 38.6 Å². The van der Waals surface area contributed by atoms with E-state index < -0.39 is 15.3 Å². The molecule has 1 amide bonds. The number of carbonyl (C=O) groups excluding carboxylic acids is 1. The maximum atomic E-state index is 12.3. The Kier molecular flexibility index (Phi) is 4.70. The van der Waals surface area contributed by atoms with E-state index in [9.17, 15) is 13.2 Å². The summed E-state index contributed by atoms with van der Waals surface area (Å²) in [5.41, 5.74) is 0.865. The van der Waals surface area contributed by atoms with Crippen molar-refractivity contribution in [1.29, 1.82) is 0 Å². The summed E-state index contributed by atoms with van der Waals surface area (Å²) < 4.78 is 27.6. The van der Waals surface area contributed by atoms with Gasteiger partial charge in [0.2, 0.25) is 15.9 Å². The number of anilines is 1. The SMILES string of the molecule is CC(C)S(=O)(=O)N1CCc2nc(NC(=O)Cn3cccn3)sc2C1. The Morgan fingerprint density at radius 1 is 1.46 bits per heavy atom. The number of rotatable bonds is 5. The summed E-state index contributed by atoms with van der Waals surface area (Å²) >= 11 is 1.33. The van der Waals surface area contributed by atoms with Crippen molar-refractivity contribution in [3.63, 3.8) is 0 Å². The molecule has 24 heavy (non-hydrogen) atoms. The van der Waals surface area contributed by atoms with Crippen LogP contribution < -0.4 is 5.32 Å². The first-order valence-corrected chi connectivity index (χ1v) is 9.93. The standard InChI is InChI=1S/C14H19N5O3S2/c1-10(2)24(21,22)19-7-4-11-12(8-19)23-14(16-11)17-13(20)9-18-6-3-5-15-18/h3,5-6,10H,4,7-9H2,1-2H3,(H,16,17,20). The highest BCUT2D eigenvalue weighted by molar-refractivity contribution is 7.89. The maximum absolute atomic E-state index is 12.3. The molecule has 0 saturated heterocycles. The molecule has 2 aromatic rings. The molecule has 3 rings (SSSR count). The van der Waals surface area contributed by atoms with Gasteiger partial charge in [-0.25, -0.2) is 13.4 Å². The smallest absolute Gasteiger partial charge is 0.247 e. The highest BCUT2D eigenvalue weighted by atomic mass is 32.2.